The Kier molecular flexibility index (Phi) is 5.96. The lowest BCUT2D eigenvalue weighted by Gasteiger charge is -2.19. The number of hydrogen-bond acceptors (Lipinski definition) is 1. The number of rotatable bonds is 4. The van der Waals surface area contributed by atoms with Crippen molar-refractivity contribution in [2.45, 2.75) is 12.3 Å². The highest BCUT2D eigenvalue weighted by Gasteiger charge is 2.34. The third kappa shape index (κ3) is 4.99. The highest BCUT2D eigenvalue weighted by Crippen LogP contribution is 2.35. The van der Waals surface area contributed by atoms with Crippen molar-refractivity contribution in [3.63, 3.8) is 0 Å². The van der Waals surface area contributed by atoms with Gasteiger partial charge >= 0.3 is 12.3 Å². The van der Waals surface area contributed by atoms with Crippen molar-refractivity contribution in [3.05, 3.63) is 102 Å². The maximum absolute atomic E-state index is 14.7. The fourth-order valence-electron chi connectivity index (χ4n) is 3.31. The van der Waals surface area contributed by atoms with E-state index in [4.69, 9.17) is 4.74 Å². The molecule has 172 valence electrons. The summed E-state index contributed by atoms with van der Waals surface area (Å²) in [7, 11) is 0. The molecular formula is C26H13F7O. The first-order chi connectivity index (χ1) is 16.0. The van der Waals surface area contributed by atoms with E-state index in [9.17, 15) is 30.7 Å². The van der Waals surface area contributed by atoms with Crippen molar-refractivity contribution in [2.75, 3.05) is 0 Å². The molecule has 0 aliphatic carbocycles. The van der Waals surface area contributed by atoms with Crippen LogP contribution in [0.1, 0.15) is 11.1 Å². The van der Waals surface area contributed by atoms with Gasteiger partial charge in [-0.05, 0) is 52.9 Å². The van der Waals surface area contributed by atoms with Gasteiger partial charge in [-0.15, -0.1) is 0 Å². The Morgan fingerprint density at radius 1 is 0.706 bits per heavy atom. The average Bonchev–Trinajstić information content (AvgIpc) is 2.78. The van der Waals surface area contributed by atoms with Gasteiger partial charge < -0.3 is 4.74 Å². The van der Waals surface area contributed by atoms with Crippen LogP contribution in [0.4, 0.5) is 30.7 Å². The van der Waals surface area contributed by atoms with Crippen molar-refractivity contribution >= 4 is 10.8 Å². The number of alkyl halides is 5. The molecule has 0 unspecified atom stereocenters. The monoisotopic (exact) mass is 474 g/mol. The highest BCUT2D eigenvalue weighted by molar-refractivity contribution is 5.86. The SMILES string of the molecule is Fc1cc2cc(OC(F)(F)c3ccc(-c4ccccc4)cc3)ccc2c(F)c1C#CC(F)(F)F. The van der Waals surface area contributed by atoms with Crippen molar-refractivity contribution in [1.29, 1.82) is 0 Å². The third-order valence-electron chi connectivity index (χ3n) is 4.90. The Morgan fingerprint density at radius 2 is 1.35 bits per heavy atom. The number of hydrogen-bond donors (Lipinski definition) is 0. The van der Waals surface area contributed by atoms with Crippen LogP contribution in [0, 0.1) is 23.5 Å². The van der Waals surface area contributed by atoms with Crippen molar-refractivity contribution in [1.82, 2.24) is 0 Å². The maximum atomic E-state index is 14.7. The predicted octanol–water partition coefficient (Wildman–Crippen LogP) is 7.83. The van der Waals surface area contributed by atoms with Gasteiger partial charge in [0.15, 0.2) is 0 Å². The minimum atomic E-state index is -4.93. The summed E-state index contributed by atoms with van der Waals surface area (Å²) in [5, 5.41) is -0.476. The molecular weight excluding hydrogens is 461 g/mol. The molecule has 0 amide bonds. The molecule has 0 bridgehead atoms. The lowest BCUT2D eigenvalue weighted by atomic mass is 10.0. The van der Waals surface area contributed by atoms with E-state index in [1.54, 1.807) is 0 Å². The molecule has 0 atom stereocenters. The zero-order chi connectivity index (χ0) is 24.5. The lowest BCUT2D eigenvalue weighted by Crippen LogP contribution is -2.21. The quantitative estimate of drug-likeness (QED) is 0.216. The zero-order valence-corrected chi connectivity index (χ0v) is 17.1. The van der Waals surface area contributed by atoms with Crippen LogP contribution >= 0.6 is 0 Å². The summed E-state index contributed by atoms with van der Waals surface area (Å²) in [6.45, 7) is 0. The Bertz CT molecular complexity index is 1400. The van der Waals surface area contributed by atoms with Gasteiger partial charge in [0.1, 0.15) is 17.4 Å². The largest absolute Gasteiger partial charge is 0.458 e. The van der Waals surface area contributed by atoms with Gasteiger partial charge in [0.2, 0.25) is 0 Å². The molecule has 0 heterocycles. The van der Waals surface area contributed by atoms with E-state index in [0.29, 0.717) is 6.07 Å². The molecule has 0 aromatic heterocycles. The minimum Gasteiger partial charge on any atom is -0.429 e. The molecule has 0 aliphatic heterocycles. The fourth-order valence-corrected chi connectivity index (χ4v) is 3.31. The highest BCUT2D eigenvalue weighted by atomic mass is 19.4. The van der Waals surface area contributed by atoms with E-state index >= 15 is 0 Å². The summed E-state index contributed by atoms with van der Waals surface area (Å²) >= 11 is 0. The molecule has 34 heavy (non-hydrogen) atoms. The molecule has 4 aromatic rings. The van der Waals surface area contributed by atoms with Gasteiger partial charge in [-0.1, -0.05) is 48.4 Å². The standard InChI is InChI=1S/C26H13F7O/c27-23-15-18-14-20(10-11-21(18)24(28)22(23)12-13-25(29,30)31)34-26(32,33)19-8-6-17(7-9-19)16-4-2-1-3-5-16/h1-11,14-15H. The number of halogens is 7. The van der Waals surface area contributed by atoms with Crippen LogP contribution in [0.3, 0.4) is 0 Å². The molecule has 4 aromatic carbocycles. The van der Waals surface area contributed by atoms with Crippen LogP contribution in [0.25, 0.3) is 21.9 Å². The Labute approximate surface area is 189 Å². The fraction of sp³-hybridized carbons (Fsp3) is 0.0769. The average molecular weight is 474 g/mol. The molecule has 0 N–H and O–H groups in total. The maximum Gasteiger partial charge on any atom is 0.458 e. The van der Waals surface area contributed by atoms with E-state index in [1.807, 2.05) is 30.3 Å². The van der Waals surface area contributed by atoms with E-state index in [2.05, 4.69) is 0 Å². The normalized spacial score (nSPS) is 11.7. The molecule has 0 fully saturated rings. The first-order valence-electron chi connectivity index (χ1n) is 9.78. The van der Waals surface area contributed by atoms with Crippen molar-refractivity contribution in [2.24, 2.45) is 0 Å². The summed E-state index contributed by atoms with van der Waals surface area (Å²) in [6.07, 6.45) is -8.70. The Hall–Kier alpha value is -3.99. The second kappa shape index (κ2) is 8.75. The first kappa shape index (κ1) is 23.2. The summed E-state index contributed by atoms with van der Waals surface area (Å²) in [6, 6.07) is 18.2. The van der Waals surface area contributed by atoms with Gasteiger partial charge in [-0.25, -0.2) is 8.78 Å². The van der Waals surface area contributed by atoms with E-state index in [-0.39, 0.29) is 10.8 Å². The molecule has 1 nitrogen and oxygen atoms in total. The van der Waals surface area contributed by atoms with Crippen LogP contribution in [-0.2, 0) is 6.11 Å². The molecule has 0 spiro atoms. The van der Waals surface area contributed by atoms with Crippen LogP contribution < -0.4 is 4.74 Å². The lowest BCUT2D eigenvalue weighted by molar-refractivity contribution is -0.185. The molecule has 4 rings (SSSR count). The van der Waals surface area contributed by atoms with Gasteiger partial charge in [0, 0.05) is 11.3 Å². The summed E-state index contributed by atoms with van der Waals surface area (Å²) < 4.78 is 99.7. The minimum absolute atomic E-state index is 0.180. The Morgan fingerprint density at radius 3 is 2.00 bits per heavy atom. The number of fused-ring (bicyclic) bond motifs is 1. The second-order valence-electron chi connectivity index (χ2n) is 7.24. The molecule has 0 saturated carbocycles. The van der Waals surface area contributed by atoms with Gasteiger partial charge in [-0.2, -0.15) is 22.0 Å². The number of benzene rings is 4. The predicted molar refractivity (Wildman–Crippen MR) is 113 cm³/mol. The van der Waals surface area contributed by atoms with Gasteiger partial charge in [0.05, 0.1) is 11.1 Å². The zero-order valence-electron chi connectivity index (χ0n) is 17.1. The van der Waals surface area contributed by atoms with Gasteiger partial charge in [-0.3, -0.25) is 0 Å². The molecule has 8 heteroatoms. The van der Waals surface area contributed by atoms with E-state index in [0.717, 1.165) is 35.2 Å². The van der Waals surface area contributed by atoms with E-state index < -0.39 is 40.8 Å². The Balaban J connectivity index is 1.62. The van der Waals surface area contributed by atoms with E-state index in [1.165, 1.54) is 30.2 Å². The van der Waals surface area contributed by atoms with Crippen molar-refractivity contribution in [3.8, 4) is 28.7 Å². The van der Waals surface area contributed by atoms with Gasteiger partial charge in [0.25, 0.3) is 0 Å². The van der Waals surface area contributed by atoms with Crippen LogP contribution in [0.15, 0.2) is 78.9 Å². The smallest absolute Gasteiger partial charge is 0.429 e. The summed E-state index contributed by atoms with van der Waals surface area (Å²) in [5.74, 6) is -0.849. The summed E-state index contributed by atoms with van der Waals surface area (Å²) in [5.41, 5.74) is 0.0575. The van der Waals surface area contributed by atoms with Crippen LogP contribution in [-0.4, -0.2) is 6.18 Å². The first-order valence-corrected chi connectivity index (χ1v) is 9.78. The van der Waals surface area contributed by atoms with Crippen molar-refractivity contribution < 1.29 is 35.5 Å². The third-order valence-corrected chi connectivity index (χ3v) is 4.90. The molecule has 0 saturated heterocycles. The second-order valence-corrected chi connectivity index (χ2v) is 7.24. The molecule has 0 aliphatic rings. The van der Waals surface area contributed by atoms with Crippen LogP contribution in [0.5, 0.6) is 5.75 Å². The number of ether oxygens (including phenoxy) is 1. The van der Waals surface area contributed by atoms with Crippen LogP contribution in [0.2, 0.25) is 0 Å². The summed E-state index contributed by atoms with van der Waals surface area (Å²) in [4.78, 5) is 0. The molecule has 0 radical (unpaired) electrons. The topological polar surface area (TPSA) is 9.23 Å².